The van der Waals surface area contributed by atoms with Crippen LogP contribution in [0.1, 0.15) is 38.5 Å². The van der Waals surface area contributed by atoms with Crippen LogP contribution < -0.4 is 5.32 Å². The molecule has 0 spiro atoms. The summed E-state index contributed by atoms with van der Waals surface area (Å²) in [6.07, 6.45) is 10.6. The molecule has 2 aliphatic rings. The van der Waals surface area contributed by atoms with Crippen LogP contribution in [0.2, 0.25) is 0 Å². The normalized spacial score (nSPS) is 34.1. The third kappa shape index (κ3) is 3.64. The third-order valence-electron chi connectivity index (χ3n) is 4.15. The molecule has 0 radical (unpaired) electrons. The molecular weight excluding hydrogens is 216 g/mol. The molecule has 2 unspecified atom stereocenters. The van der Waals surface area contributed by atoms with Gasteiger partial charge in [-0.05, 0) is 58.5 Å². The van der Waals surface area contributed by atoms with Gasteiger partial charge in [0.1, 0.15) is 0 Å². The van der Waals surface area contributed by atoms with E-state index in [0.29, 0.717) is 0 Å². The Hall–Kier alpha value is 0.270. The van der Waals surface area contributed by atoms with Crippen LogP contribution in [0.15, 0.2) is 0 Å². The lowest BCUT2D eigenvalue weighted by Gasteiger charge is -2.35. The minimum Gasteiger partial charge on any atom is -0.311 e. The number of thioether (sulfide) groups is 1. The first-order valence-electron chi connectivity index (χ1n) is 6.75. The Morgan fingerprint density at radius 1 is 1.06 bits per heavy atom. The summed E-state index contributed by atoms with van der Waals surface area (Å²) >= 11 is 2.06. The van der Waals surface area contributed by atoms with Gasteiger partial charge in [0.05, 0.1) is 0 Å². The van der Waals surface area contributed by atoms with E-state index in [2.05, 4.69) is 35.3 Å². The van der Waals surface area contributed by atoms with Gasteiger partial charge < -0.3 is 10.2 Å². The Bertz CT molecular complexity index is 202. The average Bonchev–Trinajstić information content (AvgIpc) is 2.32. The number of piperidine rings is 1. The van der Waals surface area contributed by atoms with Gasteiger partial charge in [0.2, 0.25) is 0 Å². The minimum atomic E-state index is 0.793. The van der Waals surface area contributed by atoms with E-state index in [4.69, 9.17) is 0 Å². The molecule has 2 nitrogen and oxygen atoms in total. The van der Waals surface area contributed by atoms with Crippen molar-refractivity contribution in [2.75, 3.05) is 26.4 Å². The Balaban J connectivity index is 1.72. The van der Waals surface area contributed by atoms with Crippen molar-refractivity contribution in [2.45, 2.75) is 55.9 Å². The molecule has 2 rings (SSSR count). The van der Waals surface area contributed by atoms with Gasteiger partial charge in [0, 0.05) is 17.3 Å². The average molecular weight is 242 g/mol. The van der Waals surface area contributed by atoms with Crippen LogP contribution in [0.5, 0.6) is 0 Å². The first kappa shape index (κ1) is 12.7. The van der Waals surface area contributed by atoms with Gasteiger partial charge in [0.25, 0.3) is 0 Å². The van der Waals surface area contributed by atoms with Gasteiger partial charge >= 0.3 is 0 Å². The minimum absolute atomic E-state index is 0.793. The van der Waals surface area contributed by atoms with Gasteiger partial charge in [-0.1, -0.05) is 6.42 Å². The highest BCUT2D eigenvalue weighted by atomic mass is 32.2. The SMILES string of the molecule is CSC1CCCC(NC2CCN(C)CC2)C1. The fourth-order valence-corrected chi connectivity index (χ4v) is 3.85. The highest BCUT2D eigenvalue weighted by molar-refractivity contribution is 7.99. The van der Waals surface area contributed by atoms with Crippen molar-refractivity contribution in [2.24, 2.45) is 0 Å². The number of hydrogen-bond acceptors (Lipinski definition) is 3. The lowest BCUT2D eigenvalue weighted by molar-refractivity contribution is 0.214. The number of nitrogens with one attached hydrogen (secondary N) is 1. The molecule has 0 aromatic rings. The molecule has 0 amide bonds. The number of likely N-dealkylation sites (tertiary alicyclic amines) is 1. The molecule has 3 heteroatoms. The van der Waals surface area contributed by atoms with Crippen molar-refractivity contribution in [1.29, 1.82) is 0 Å². The smallest absolute Gasteiger partial charge is 0.00940 e. The zero-order valence-corrected chi connectivity index (χ0v) is 11.6. The second-order valence-electron chi connectivity index (χ2n) is 5.47. The molecular formula is C13H26N2S. The van der Waals surface area contributed by atoms with E-state index in [-0.39, 0.29) is 0 Å². The Labute approximate surface area is 105 Å². The Kier molecular flexibility index (Phi) is 4.98. The fraction of sp³-hybridized carbons (Fsp3) is 1.00. The summed E-state index contributed by atoms with van der Waals surface area (Å²) in [6, 6.07) is 1.60. The van der Waals surface area contributed by atoms with Crippen LogP contribution in [0, 0.1) is 0 Å². The molecule has 1 saturated heterocycles. The van der Waals surface area contributed by atoms with Gasteiger partial charge in [0.15, 0.2) is 0 Å². The molecule has 2 atom stereocenters. The van der Waals surface area contributed by atoms with Crippen molar-refractivity contribution in [3.8, 4) is 0 Å². The lowest BCUT2D eigenvalue weighted by atomic mass is 9.93. The first-order chi connectivity index (χ1) is 7.78. The van der Waals surface area contributed by atoms with E-state index in [1.54, 1.807) is 0 Å². The maximum Gasteiger partial charge on any atom is 0.00940 e. The molecule has 0 bridgehead atoms. The molecule has 1 heterocycles. The van der Waals surface area contributed by atoms with E-state index < -0.39 is 0 Å². The predicted octanol–water partition coefficient (Wildman–Crippen LogP) is 2.34. The van der Waals surface area contributed by atoms with Crippen molar-refractivity contribution in [3.05, 3.63) is 0 Å². The molecule has 1 saturated carbocycles. The summed E-state index contributed by atoms with van der Waals surface area (Å²) in [7, 11) is 2.24. The molecule has 94 valence electrons. The summed E-state index contributed by atoms with van der Waals surface area (Å²) in [6.45, 7) is 2.55. The molecule has 0 aromatic carbocycles. The molecule has 2 fully saturated rings. The van der Waals surface area contributed by atoms with Gasteiger partial charge in [-0.3, -0.25) is 0 Å². The summed E-state index contributed by atoms with van der Waals surface area (Å²) < 4.78 is 0. The largest absolute Gasteiger partial charge is 0.311 e. The van der Waals surface area contributed by atoms with E-state index in [1.807, 2.05) is 0 Å². The van der Waals surface area contributed by atoms with Crippen LogP contribution in [0.4, 0.5) is 0 Å². The Morgan fingerprint density at radius 2 is 1.81 bits per heavy atom. The Morgan fingerprint density at radius 3 is 2.50 bits per heavy atom. The van der Waals surface area contributed by atoms with Gasteiger partial charge in [-0.25, -0.2) is 0 Å². The molecule has 1 aliphatic carbocycles. The van der Waals surface area contributed by atoms with Crippen LogP contribution in [0.25, 0.3) is 0 Å². The van der Waals surface area contributed by atoms with Gasteiger partial charge in [-0.15, -0.1) is 0 Å². The maximum absolute atomic E-state index is 3.90. The molecule has 0 aromatic heterocycles. The topological polar surface area (TPSA) is 15.3 Å². The predicted molar refractivity (Wildman–Crippen MR) is 73.2 cm³/mol. The van der Waals surface area contributed by atoms with E-state index in [9.17, 15) is 0 Å². The third-order valence-corrected chi connectivity index (χ3v) is 5.24. The van der Waals surface area contributed by atoms with E-state index >= 15 is 0 Å². The maximum atomic E-state index is 3.90. The summed E-state index contributed by atoms with van der Waals surface area (Å²) in [4.78, 5) is 2.45. The summed E-state index contributed by atoms with van der Waals surface area (Å²) in [5.74, 6) is 0. The van der Waals surface area contributed by atoms with Crippen molar-refractivity contribution in [3.63, 3.8) is 0 Å². The van der Waals surface area contributed by atoms with Crippen molar-refractivity contribution >= 4 is 11.8 Å². The fourth-order valence-electron chi connectivity index (χ4n) is 3.02. The number of nitrogens with zero attached hydrogens (tertiary/aromatic N) is 1. The zero-order valence-electron chi connectivity index (χ0n) is 10.7. The molecule has 1 N–H and O–H groups in total. The van der Waals surface area contributed by atoms with Crippen molar-refractivity contribution in [1.82, 2.24) is 10.2 Å². The van der Waals surface area contributed by atoms with Crippen LogP contribution in [-0.4, -0.2) is 48.6 Å². The number of hydrogen-bond donors (Lipinski definition) is 1. The van der Waals surface area contributed by atoms with Crippen LogP contribution in [-0.2, 0) is 0 Å². The number of rotatable bonds is 3. The van der Waals surface area contributed by atoms with Crippen molar-refractivity contribution < 1.29 is 0 Å². The molecule has 16 heavy (non-hydrogen) atoms. The summed E-state index contributed by atoms with van der Waals surface area (Å²) in [5, 5.41) is 4.82. The van der Waals surface area contributed by atoms with E-state index in [0.717, 1.165) is 17.3 Å². The second-order valence-corrected chi connectivity index (χ2v) is 6.60. The standard InChI is InChI=1S/C13H26N2S/c1-15-8-6-11(7-9-15)14-12-4-3-5-13(10-12)16-2/h11-14H,3-10H2,1-2H3. The quantitative estimate of drug-likeness (QED) is 0.818. The molecule has 1 aliphatic heterocycles. The van der Waals surface area contributed by atoms with Crippen LogP contribution in [0.3, 0.4) is 0 Å². The lowest BCUT2D eigenvalue weighted by Crippen LogP contribution is -2.46. The highest BCUT2D eigenvalue weighted by Crippen LogP contribution is 2.27. The van der Waals surface area contributed by atoms with E-state index in [1.165, 1.54) is 51.6 Å². The summed E-state index contributed by atoms with van der Waals surface area (Å²) in [5.41, 5.74) is 0. The zero-order chi connectivity index (χ0) is 11.4. The van der Waals surface area contributed by atoms with Gasteiger partial charge in [-0.2, -0.15) is 11.8 Å². The first-order valence-corrected chi connectivity index (χ1v) is 8.04. The monoisotopic (exact) mass is 242 g/mol. The second kappa shape index (κ2) is 6.27. The van der Waals surface area contributed by atoms with Crippen LogP contribution >= 0.6 is 11.8 Å². The highest BCUT2D eigenvalue weighted by Gasteiger charge is 2.24.